The first-order valence-corrected chi connectivity index (χ1v) is 6.41. The van der Waals surface area contributed by atoms with Crippen LogP contribution in [0.2, 0.25) is 0 Å². The lowest BCUT2D eigenvalue weighted by molar-refractivity contribution is 1.13. The van der Waals surface area contributed by atoms with Crippen LogP contribution in [0, 0.1) is 6.92 Å². The van der Waals surface area contributed by atoms with Gasteiger partial charge in [-0.05, 0) is 42.3 Å². The van der Waals surface area contributed by atoms with Gasteiger partial charge in [-0.3, -0.25) is 5.10 Å². The molecule has 5 heteroatoms. The van der Waals surface area contributed by atoms with Crippen LogP contribution < -0.4 is 5.73 Å². The molecule has 0 spiro atoms. The van der Waals surface area contributed by atoms with Crippen LogP contribution in [-0.4, -0.2) is 20.2 Å². The molecule has 4 aromatic rings. The Kier molecular flexibility index (Phi) is 2.12. The van der Waals surface area contributed by atoms with Crippen LogP contribution >= 0.6 is 0 Å². The Morgan fingerprint density at radius 1 is 1.10 bits per heavy atom. The highest BCUT2D eigenvalue weighted by atomic mass is 15.1. The van der Waals surface area contributed by atoms with E-state index in [0.717, 1.165) is 38.8 Å². The minimum atomic E-state index is 0.525. The molecular formula is C15H13N5. The van der Waals surface area contributed by atoms with Crippen LogP contribution in [0.4, 0.5) is 5.82 Å². The highest BCUT2D eigenvalue weighted by Gasteiger charge is 2.09. The number of fused-ring (bicyclic) bond motifs is 2. The van der Waals surface area contributed by atoms with E-state index in [1.807, 2.05) is 25.3 Å². The number of benzene rings is 1. The van der Waals surface area contributed by atoms with Crippen LogP contribution in [0.25, 0.3) is 33.1 Å². The molecule has 0 atom stereocenters. The Balaban J connectivity index is 2.02. The summed E-state index contributed by atoms with van der Waals surface area (Å²) in [6.45, 7) is 2.03. The molecule has 0 aliphatic rings. The second-order valence-electron chi connectivity index (χ2n) is 4.94. The molecule has 0 aliphatic heterocycles. The smallest absolute Gasteiger partial charge is 0.153 e. The molecule has 0 unspecified atom stereocenters. The molecule has 5 nitrogen and oxygen atoms in total. The number of nitrogens with zero attached hydrogens (tertiary/aromatic N) is 2. The highest BCUT2D eigenvalue weighted by molar-refractivity contribution is 5.98. The van der Waals surface area contributed by atoms with E-state index >= 15 is 0 Å². The van der Waals surface area contributed by atoms with Crippen molar-refractivity contribution in [1.29, 1.82) is 0 Å². The van der Waals surface area contributed by atoms with Crippen LogP contribution in [0.5, 0.6) is 0 Å². The maximum atomic E-state index is 5.88. The summed E-state index contributed by atoms with van der Waals surface area (Å²) in [5.74, 6) is 0.525. The molecule has 0 aliphatic carbocycles. The molecule has 3 heterocycles. The minimum Gasteiger partial charge on any atom is -0.382 e. The number of aryl methyl sites for hydroxylation is 1. The summed E-state index contributed by atoms with van der Waals surface area (Å²) in [6.07, 6.45) is 1.82. The first kappa shape index (κ1) is 11.0. The Morgan fingerprint density at radius 3 is 2.90 bits per heavy atom. The molecule has 3 aromatic heterocycles. The number of H-pyrrole nitrogens is 2. The second kappa shape index (κ2) is 3.84. The van der Waals surface area contributed by atoms with Gasteiger partial charge in [0.15, 0.2) is 5.82 Å². The van der Waals surface area contributed by atoms with Crippen molar-refractivity contribution in [2.24, 2.45) is 0 Å². The molecule has 4 rings (SSSR count). The molecule has 0 saturated carbocycles. The zero-order chi connectivity index (χ0) is 13.7. The lowest BCUT2D eigenvalue weighted by Crippen LogP contribution is -1.85. The third kappa shape index (κ3) is 1.50. The fraction of sp³-hybridized carbons (Fsp3) is 0.0667. The van der Waals surface area contributed by atoms with E-state index in [1.165, 1.54) is 0 Å². The summed E-state index contributed by atoms with van der Waals surface area (Å²) < 4.78 is 0. The first-order chi connectivity index (χ1) is 9.72. The van der Waals surface area contributed by atoms with Crippen LogP contribution in [0.15, 0.2) is 36.5 Å². The van der Waals surface area contributed by atoms with Gasteiger partial charge in [-0.2, -0.15) is 5.10 Å². The third-order valence-electron chi connectivity index (χ3n) is 3.57. The van der Waals surface area contributed by atoms with E-state index in [2.05, 4.69) is 38.4 Å². The second-order valence-corrected chi connectivity index (χ2v) is 4.94. The number of hydrogen-bond donors (Lipinski definition) is 3. The number of pyridine rings is 1. The van der Waals surface area contributed by atoms with Crippen molar-refractivity contribution < 1.29 is 0 Å². The van der Waals surface area contributed by atoms with Gasteiger partial charge in [-0.1, -0.05) is 6.07 Å². The van der Waals surface area contributed by atoms with Crippen molar-refractivity contribution in [3.05, 3.63) is 42.2 Å². The predicted octanol–water partition coefficient (Wildman–Crippen LogP) is 3.00. The fourth-order valence-electron chi connectivity index (χ4n) is 2.61. The molecule has 0 saturated heterocycles. The number of hydrogen-bond acceptors (Lipinski definition) is 3. The lowest BCUT2D eigenvalue weighted by atomic mass is 10.0. The largest absolute Gasteiger partial charge is 0.382 e. The highest BCUT2D eigenvalue weighted by Crippen LogP contribution is 2.31. The lowest BCUT2D eigenvalue weighted by Gasteiger charge is -2.03. The number of aromatic amines is 2. The summed E-state index contributed by atoms with van der Waals surface area (Å²) in [5, 5.41) is 9.01. The maximum absolute atomic E-state index is 5.88. The van der Waals surface area contributed by atoms with Gasteiger partial charge in [0.05, 0.1) is 5.52 Å². The average molecular weight is 263 g/mol. The summed E-state index contributed by atoms with van der Waals surface area (Å²) in [4.78, 5) is 7.62. The molecule has 20 heavy (non-hydrogen) atoms. The number of nitrogens with two attached hydrogens (primary N) is 1. The average Bonchev–Trinajstić information content (AvgIpc) is 3.00. The van der Waals surface area contributed by atoms with Crippen LogP contribution in [0.1, 0.15) is 5.69 Å². The van der Waals surface area contributed by atoms with E-state index in [9.17, 15) is 0 Å². The number of nitrogens with one attached hydrogen (secondary N) is 2. The molecule has 0 bridgehead atoms. The number of rotatable bonds is 1. The van der Waals surface area contributed by atoms with Crippen LogP contribution in [0.3, 0.4) is 0 Å². The monoisotopic (exact) mass is 263 g/mol. The van der Waals surface area contributed by atoms with Gasteiger partial charge >= 0.3 is 0 Å². The van der Waals surface area contributed by atoms with Gasteiger partial charge in [0.2, 0.25) is 0 Å². The SMILES string of the molecule is Cc1cc2c(-c3ccc4[nH]nc(N)c4c3)ccnc2[nH]1. The maximum Gasteiger partial charge on any atom is 0.153 e. The number of aromatic nitrogens is 4. The molecule has 98 valence electrons. The molecule has 0 fully saturated rings. The van der Waals surface area contributed by atoms with Crippen molar-refractivity contribution in [2.75, 3.05) is 5.73 Å². The Hall–Kier alpha value is -2.82. The zero-order valence-electron chi connectivity index (χ0n) is 10.9. The summed E-state index contributed by atoms with van der Waals surface area (Å²) >= 11 is 0. The Morgan fingerprint density at radius 2 is 2.00 bits per heavy atom. The van der Waals surface area contributed by atoms with Crippen molar-refractivity contribution in [3.8, 4) is 11.1 Å². The number of nitrogen functional groups attached to an aromatic ring is 1. The molecule has 4 N–H and O–H groups in total. The minimum absolute atomic E-state index is 0.525. The van der Waals surface area contributed by atoms with Gasteiger partial charge in [0, 0.05) is 22.7 Å². The molecule has 0 amide bonds. The van der Waals surface area contributed by atoms with Crippen molar-refractivity contribution in [3.63, 3.8) is 0 Å². The Bertz CT molecular complexity index is 932. The molecule has 1 aromatic carbocycles. The van der Waals surface area contributed by atoms with Gasteiger partial charge in [-0.25, -0.2) is 4.98 Å². The normalized spacial score (nSPS) is 11.4. The van der Waals surface area contributed by atoms with Gasteiger partial charge in [-0.15, -0.1) is 0 Å². The Labute approximate surface area is 114 Å². The van der Waals surface area contributed by atoms with Crippen molar-refractivity contribution >= 4 is 27.8 Å². The number of anilines is 1. The molecular weight excluding hydrogens is 250 g/mol. The van der Waals surface area contributed by atoms with Crippen molar-refractivity contribution in [1.82, 2.24) is 20.2 Å². The van der Waals surface area contributed by atoms with Gasteiger partial charge in [0.1, 0.15) is 5.65 Å². The van der Waals surface area contributed by atoms with Gasteiger partial charge in [0.25, 0.3) is 0 Å². The summed E-state index contributed by atoms with van der Waals surface area (Å²) in [6, 6.07) is 10.3. The fourth-order valence-corrected chi connectivity index (χ4v) is 2.61. The van der Waals surface area contributed by atoms with E-state index in [0.29, 0.717) is 5.82 Å². The topological polar surface area (TPSA) is 83.4 Å². The van der Waals surface area contributed by atoms with E-state index in [4.69, 9.17) is 5.73 Å². The summed E-state index contributed by atoms with van der Waals surface area (Å²) in [5.41, 5.74) is 11.1. The standard InChI is InChI=1S/C15H13N5/c1-8-6-11-10(4-5-17-15(11)18-8)9-2-3-13-12(7-9)14(16)20-19-13/h2-7H,1H3,(H,17,18)(H3,16,19,20). The summed E-state index contributed by atoms with van der Waals surface area (Å²) in [7, 11) is 0. The van der Waals surface area contributed by atoms with Crippen molar-refractivity contribution in [2.45, 2.75) is 6.92 Å². The molecule has 0 radical (unpaired) electrons. The van der Waals surface area contributed by atoms with E-state index in [1.54, 1.807) is 0 Å². The van der Waals surface area contributed by atoms with E-state index in [-0.39, 0.29) is 0 Å². The van der Waals surface area contributed by atoms with Gasteiger partial charge < -0.3 is 10.7 Å². The third-order valence-corrected chi connectivity index (χ3v) is 3.57. The first-order valence-electron chi connectivity index (χ1n) is 6.41. The predicted molar refractivity (Wildman–Crippen MR) is 80.3 cm³/mol. The zero-order valence-corrected chi connectivity index (χ0v) is 10.9. The quantitative estimate of drug-likeness (QED) is 0.493. The van der Waals surface area contributed by atoms with Crippen LogP contribution in [-0.2, 0) is 0 Å². The van der Waals surface area contributed by atoms with E-state index < -0.39 is 0 Å².